The van der Waals surface area contributed by atoms with Crippen LogP contribution < -0.4 is 14.8 Å². The first kappa shape index (κ1) is 17.2. The zero-order valence-corrected chi connectivity index (χ0v) is 13.1. The minimum atomic E-state index is -3.41. The van der Waals surface area contributed by atoms with Crippen LogP contribution in [0.2, 0.25) is 0 Å². The van der Waals surface area contributed by atoms with Crippen LogP contribution in [0.5, 0.6) is 5.75 Å². The Morgan fingerprint density at radius 2 is 2.05 bits per heavy atom. The second kappa shape index (κ2) is 7.83. The second-order valence-corrected chi connectivity index (χ2v) is 6.38. The molecule has 1 heterocycles. The summed E-state index contributed by atoms with van der Waals surface area (Å²) in [7, 11) is -3.41. The molecule has 1 aromatic rings. The van der Waals surface area contributed by atoms with Crippen LogP contribution in [-0.2, 0) is 10.0 Å². The molecule has 2 N–H and O–H groups in total. The van der Waals surface area contributed by atoms with Gasteiger partial charge in [-0.3, -0.25) is 0 Å². The zero-order chi connectivity index (χ0) is 13.7. The van der Waals surface area contributed by atoms with E-state index in [4.69, 9.17) is 4.74 Å². The van der Waals surface area contributed by atoms with Gasteiger partial charge in [0, 0.05) is 6.54 Å². The lowest BCUT2D eigenvalue weighted by Gasteiger charge is -2.11. The first-order valence-corrected chi connectivity index (χ1v) is 8.03. The molecule has 1 aromatic carbocycles. The van der Waals surface area contributed by atoms with E-state index in [-0.39, 0.29) is 17.3 Å². The maximum atomic E-state index is 12.1. The Morgan fingerprint density at radius 1 is 1.35 bits per heavy atom. The quantitative estimate of drug-likeness (QED) is 0.831. The molecular weight excluding hydrogens is 300 g/mol. The summed E-state index contributed by atoms with van der Waals surface area (Å²) in [6.45, 7) is 4.80. The van der Waals surface area contributed by atoms with Gasteiger partial charge in [-0.1, -0.05) is 0 Å². The van der Waals surface area contributed by atoms with Crippen molar-refractivity contribution in [1.29, 1.82) is 0 Å². The van der Waals surface area contributed by atoms with E-state index in [1.807, 2.05) is 6.92 Å². The highest BCUT2D eigenvalue weighted by atomic mass is 35.5. The van der Waals surface area contributed by atoms with Crippen molar-refractivity contribution in [3.63, 3.8) is 0 Å². The fourth-order valence-corrected chi connectivity index (χ4v) is 3.20. The molecule has 0 radical (unpaired) electrons. The number of halogens is 1. The number of nitrogens with one attached hydrogen (secondary N) is 2. The highest BCUT2D eigenvalue weighted by molar-refractivity contribution is 7.89. The number of hydrogen-bond donors (Lipinski definition) is 2. The lowest BCUT2D eigenvalue weighted by Crippen LogP contribution is -2.30. The number of rotatable bonds is 6. The van der Waals surface area contributed by atoms with Gasteiger partial charge in [-0.15, -0.1) is 12.4 Å². The fourth-order valence-electron chi connectivity index (χ4n) is 2.08. The van der Waals surface area contributed by atoms with Crippen molar-refractivity contribution in [3.05, 3.63) is 24.3 Å². The molecule has 1 atom stereocenters. The van der Waals surface area contributed by atoms with Crippen molar-refractivity contribution < 1.29 is 13.2 Å². The normalized spacial score (nSPS) is 18.6. The third-order valence-electron chi connectivity index (χ3n) is 3.17. The Balaban J connectivity index is 0.00000200. The van der Waals surface area contributed by atoms with Gasteiger partial charge < -0.3 is 10.1 Å². The third kappa shape index (κ3) is 4.63. The summed E-state index contributed by atoms with van der Waals surface area (Å²) in [5.74, 6) is 1.07. The van der Waals surface area contributed by atoms with Crippen LogP contribution in [0.15, 0.2) is 29.2 Å². The smallest absolute Gasteiger partial charge is 0.240 e. The Morgan fingerprint density at radius 3 is 2.60 bits per heavy atom. The number of hydrogen-bond acceptors (Lipinski definition) is 4. The van der Waals surface area contributed by atoms with Gasteiger partial charge in [-0.05, 0) is 56.6 Å². The maximum absolute atomic E-state index is 12.1. The second-order valence-electron chi connectivity index (χ2n) is 4.62. The van der Waals surface area contributed by atoms with Crippen LogP contribution in [0.4, 0.5) is 0 Å². The molecule has 114 valence electrons. The highest BCUT2D eigenvalue weighted by Crippen LogP contribution is 2.16. The summed E-state index contributed by atoms with van der Waals surface area (Å²) in [5.41, 5.74) is 0. The van der Waals surface area contributed by atoms with Gasteiger partial charge in [0.1, 0.15) is 5.75 Å². The number of benzene rings is 1. The molecule has 1 saturated heterocycles. The molecule has 0 amide bonds. The van der Waals surface area contributed by atoms with E-state index in [0.29, 0.717) is 24.8 Å². The van der Waals surface area contributed by atoms with E-state index in [1.165, 1.54) is 0 Å². The fraction of sp³-hybridized carbons (Fsp3) is 0.538. The van der Waals surface area contributed by atoms with E-state index in [0.717, 1.165) is 19.5 Å². The van der Waals surface area contributed by atoms with Gasteiger partial charge in [-0.25, -0.2) is 13.1 Å². The topological polar surface area (TPSA) is 67.4 Å². The molecular formula is C13H21ClN2O3S. The van der Waals surface area contributed by atoms with E-state index in [2.05, 4.69) is 10.0 Å². The van der Waals surface area contributed by atoms with Gasteiger partial charge in [0.15, 0.2) is 0 Å². The predicted octanol–water partition coefficient (Wildman–Crippen LogP) is 1.39. The van der Waals surface area contributed by atoms with E-state index in [9.17, 15) is 8.42 Å². The number of ether oxygens (including phenoxy) is 1. The SMILES string of the molecule is CCOc1ccc(S(=O)(=O)NCC2CCNC2)cc1.Cl. The van der Waals surface area contributed by atoms with E-state index < -0.39 is 10.0 Å². The maximum Gasteiger partial charge on any atom is 0.240 e. The largest absolute Gasteiger partial charge is 0.494 e. The molecule has 7 heteroatoms. The molecule has 20 heavy (non-hydrogen) atoms. The van der Waals surface area contributed by atoms with Crippen molar-refractivity contribution in [2.24, 2.45) is 5.92 Å². The summed E-state index contributed by atoms with van der Waals surface area (Å²) >= 11 is 0. The standard InChI is InChI=1S/C13H20N2O3S.ClH/c1-2-18-12-3-5-13(6-4-12)19(16,17)15-10-11-7-8-14-9-11;/h3-6,11,14-15H,2,7-10H2,1H3;1H. The van der Waals surface area contributed by atoms with Gasteiger partial charge in [0.2, 0.25) is 10.0 Å². The molecule has 0 aliphatic carbocycles. The monoisotopic (exact) mass is 320 g/mol. The average Bonchev–Trinajstić information content (AvgIpc) is 2.91. The lowest BCUT2D eigenvalue weighted by atomic mass is 10.1. The third-order valence-corrected chi connectivity index (χ3v) is 4.61. The minimum Gasteiger partial charge on any atom is -0.494 e. The van der Waals surface area contributed by atoms with Crippen molar-refractivity contribution in [3.8, 4) is 5.75 Å². The Hall–Kier alpha value is -0.820. The van der Waals surface area contributed by atoms with Gasteiger partial charge in [-0.2, -0.15) is 0 Å². The molecule has 1 unspecified atom stereocenters. The van der Waals surface area contributed by atoms with E-state index >= 15 is 0 Å². The molecule has 2 rings (SSSR count). The minimum absolute atomic E-state index is 0. The molecule has 0 saturated carbocycles. The van der Waals surface area contributed by atoms with Gasteiger partial charge in [0.05, 0.1) is 11.5 Å². The summed E-state index contributed by atoms with van der Waals surface area (Å²) < 4.78 is 32.1. The van der Waals surface area contributed by atoms with Crippen LogP contribution in [0.25, 0.3) is 0 Å². The molecule has 0 spiro atoms. The Kier molecular flexibility index (Phi) is 6.75. The first-order chi connectivity index (χ1) is 9.12. The first-order valence-electron chi connectivity index (χ1n) is 6.55. The zero-order valence-electron chi connectivity index (χ0n) is 11.5. The molecule has 0 aromatic heterocycles. The van der Waals surface area contributed by atoms with Crippen molar-refractivity contribution >= 4 is 22.4 Å². The van der Waals surface area contributed by atoms with Crippen molar-refractivity contribution in [1.82, 2.24) is 10.0 Å². The molecule has 0 bridgehead atoms. The Bertz CT molecular complexity index is 499. The highest BCUT2D eigenvalue weighted by Gasteiger charge is 2.19. The summed E-state index contributed by atoms with van der Waals surface area (Å²) in [4.78, 5) is 0.280. The number of sulfonamides is 1. The average molecular weight is 321 g/mol. The molecule has 1 aliphatic heterocycles. The summed E-state index contributed by atoms with van der Waals surface area (Å²) in [6.07, 6.45) is 1.02. The Labute approximate surface area is 126 Å². The van der Waals surface area contributed by atoms with Crippen LogP contribution in [0.1, 0.15) is 13.3 Å². The molecule has 5 nitrogen and oxygen atoms in total. The van der Waals surface area contributed by atoms with Crippen molar-refractivity contribution in [2.45, 2.75) is 18.2 Å². The van der Waals surface area contributed by atoms with Gasteiger partial charge in [0.25, 0.3) is 0 Å². The van der Waals surface area contributed by atoms with Crippen LogP contribution in [0.3, 0.4) is 0 Å². The molecule has 1 fully saturated rings. The van der Waals surface area contributed by atoms with Crippen LogP contribution in [-0.4, -0.2) is 34.7 Å². The van der Waals surface area contributed by atoms with Crippen LogP contribution >= 0.6 is 12.4 Å². The van der Waals surface area contributed by atoms with E-state index in [1.54, 1.807) is 24.3 Å². The predicted molar refractivity (Wildman–Crippen MR) is 81.0 cm³/mol. The van der Waals surface area contributed by atoms with Crippen molar-refractivity contribution in [2.75, 3.05) is 26.2 Å². The summed E-state index contributed by atoms with van der Waals surface area (Å²) in [5, 5.41) is 3.22. The van der Waals surface area contributed by atoms with Crippen LogP contribution in [0, 0.1) is 5.92 Å². The van der Waals surface area contributed by atoms with Gasteiger partial charge >= 0.3 is 0 Å². The lowest BCUT2D eigenvalue weighted by molar-refractivity contribution is 0.340. The summed E-state index contributed by atoms with van der Waals surface area (Å²) in [6, 6.07) is 6.49. The molecule has 1 aliphatic rings.